The Morgan fingerprint density at radius 3 is 2.58 bits per heavy atom. The van der Waals surface area contributed by atoms with Crippen LogP contribution in [0, 0.1) is 23.1 Å². The van der Waals surface area contributed by atoms with Gasteiger partial charge in [0.2, 0.25) is 0 Å². The van der Waals surface area contributed by atoms with E-state index in [1.165, 1.54) is 12.1 Å². The molecule has 1 aliphatic rings. The van der Waals surface area contributed by atoms with Gasteiger partial charge >= 0.3 is 6.09 Å². The van der Waals surface area contributed by atoms with Crippen LogP contribution in [0.2, 0.25) is 0 Å². The molecule has 1 aliphatic heterocycles. The minimum atomic E-state index is -0.674. The summed E-state index contributed by atoms with van der Waals surface area (Å²) in [7, 11) is 0. The first kappa shape index (κ1) is 24.4. The number of carbonyl (C=O) groups is 1. The molecule has 0 radical (unpaired) electrons. The maximum atomic E-state index is 14.5. The number of nitriles is 1. The van der Waals surface area contributed by atoms with E-state index in [1.54, 1.807) is 39.1 Å². The van der Waals surface area contributed by atoms with Gasteiger partial charge in [-0.25, -0.2) is 14.2 Å². The molecule has 1 fully saturated rings. The second kappa shape index (κ2) is 10.6. The number of benzene rings is 1. The summed E-state index contributed by atoms with van der Waals surface area (Å²) in [6.07, 6.45) is 2.40. The van der Waals surface area contributed by atoms with Crippen molar-refractivity contribution in [3.8, 4) is 6.07 Å². The van der Waals surface area contributed by atoms with Crippen LogP contribution in [-0.4, -0.2) is 29.8 Å². The van der Waals surface area contributed by atoms with Gasteiger partial charge < -0.3 is 15.0 Å². The first-order chi connectivity index (χ1) is 15.7. The zero-order chi connectivity index (χ0) is 24.0. The van der Waals surface area contributed by atoms with E-state index < -0.39 is 30.2 Å². The summed E-state index contributed by atoms with van der Waals surface area (Å²) in [5.74, 6) is 0.209. The zero-order valence-corrected chi connectivity index (χ0v) is 19.0. The normalized spacial score (nSPS) is 15.6. The van der Waals surface area contributed by atoms with Crippen molar-refractivity contribution in [1.29, 1.82) is 5.26 Å². The minimum Gasteiger partial charge on any atom is -0.444 e. The number of carbonyl (C=O) groups excluding carboxylic acids is 1. The van der Waals surface area contributed by atoms with Gasteiger partial charge in [-0.15, -0.1) is 0 Å². The average molecular weight is 459 g/mol. The predicted molar refractivity (Wildman–Crippen MR) is 118 cm³/mol. The Kier molecular flexibility index (Phi) is 7.82. The molecule has 9 heteroatoms. The first-order valence-corrected chi connectivity index (χ1v) is 10.8. The molecular weight excluding hydrogens is 430 g/mol. The van der Waals surface area contributed by atoms with Crippen LogP contribution < -0.4 is 10.2 Å². The second-order valence-electron chi connectivity index (χ2n) is 9.07. The highest BCUT2D eigenvalue weighted by atomic mass is 19.3. The second-order valence-corrected chi connectivity index (χ2v) is 9.07. The molecule has 176 valence electrons. The van der Waals surface area contributed by atoms with Crippen LogP contribution in [-0.2, 0) is 16.3 Å². The number of hydrogen-bond donors (Lipinski definition) is 1. The van der Waals surface area contributed by atoms with Crippen molar-refractivity contribution in [3.05, 3.63) is 59.0 Å². The summed E-state index contributed by atoms with van der Waals surface area (Å²) in [6.45, 7) is 6.22. The Morgan fingerprint density at radius 1 is 1.30 bits per heavy atom. The largest absolute Gasteiger partial charge is 0.444 e. The van der Waals surface area contributed by atoms with Gasteiger partial charge in [-0.1, -0.05) is 12.1 Å². The smallest absolute Gasteiger partial charge is 0.408 e. The monoisotopic (exact) mass is 458 g/mol. The van der Waals surface area contributed by atoms with Crippen LogP contribution in [0.5, 0.6) is 0 Å². The van der Waals surface area contributed by atoms with Crippen LogP contribution in [0.4, 0.5) is 19.5 Å². The molecule has 1 amide bonds. The SMILES string of the molecule is CC(C)(C)OC(=O)NC(c1ccc(COF)c(F)c1)C1CCN(c2ccc(C#N)cn2)CC1. The lowest BCUT2D eigenvalue weighted by Crippen LogP contribution is -2.42. The Balaban J connectivity index is 1.77. The molecule has 0 bridgehead atoms. The van der Waals surface area contributed by atoms with E-state index in [0.717, 1.165) is 18.7 Å². The number of halogens is 2. The molecule has 3 rings (SSSR count). The van der Waals surface area contributed by atoms with Gasteiger partial charge in [-0.05, 0) is 67.8 Å². The quantitative estimate of drug-likeness (QED) is 0.657. The zero-order valence-electron chi connectivity index (χ0n) is 19.0. The molecule has 2 aromatic rings. The summed E-state index contributed by atoms with van der Waals surface area (Å²) in [6, 6.07) is 9.57. The lowest BCUT2D eigenvalue weighted by atomic mass is 9.85. The molecule has 7 nitrogen and oxygen atoms in total. The van der Waals surface area contributed by atoms with Gasteiger partial charge in [-0.2, -0.15) is 10.2 Å². The standard InChI is InChI=1S/C24H28F2N4O3/c1-24(2,3)33-23(31)29-22(18-5-6-19(15-32-26)20(25)12-18)17-8-10-30(11-9-17)21-7-4-16(13-27)14-28-21/h4-7,12,14,17,22H,8-11,15H2,1-3H3,(H,29,31). The number of nitrogens with zero attached hydrogens (tertiary/aromatic N) is 3. The number of ether oxygens (including phenoxy) is 1. The maximum Gasteiger partial charge on any atom is 0.408 e. The van der Waals surface area contributed by atoms with Crippen LogP contribution in [0.25, 0.3) is 0 Å². The number of aromatic nitrogens is 1. The minimum absolute atomic E-state index is 0.0230. The van der Waals surface area contributed by atoms with E-state index >= 15 is 0 Å². The first-order valence-electron chi connectivity index (χ1n) is 10.8. The van der Waals surface area contributed by atoms with Gasteiger partial charge in [0.05, 0.1) is 11.6 Å². The summed E-state index contributed by atoms with van der Waals surface area (Å²) in [5.41, 5.74) is 0.501. The van der Waals surface area contributed by atoms with Gasteiger partial charge in [-0.3, -0.25) is 0 Å². The van der Waals surface area contributed by atoms with E-state index in [0.29, 0.717) is 24.2 Å². The number of anilines is 1. The van der Waals surface area contributed by atoms with E-state index in [-0.39, 0.29) is 11.5 Å². The van der Waals surface area contributed by atoms with Crippen LogP contribution >= 0.6 is 0 Å². The van der Waals surface area contributed by atoms with E-state index in [9.17, 15) is 13.7 Å². The molecule has 0 saturated carbocycles. The third kappa shape index (κ3) is 6.62. The summed E-state index contributed by atoms with van der Waals surface area (Å²) in [5, 5.41) is 11.9. The molecule has 0 spiro atoms. The Bertz CT molecular complexity index is 994. The van der Waals surface area contributed by atoms with Gasteiger partial charge in [0, 0.05) is 24.8 Å². The number of hydrogen-bond acceptors (Lipinski definition) is 6. The number of pyridine rings is 1. The van der Waals surface area contributed by atoms with Crippen molar-refractivity contribution < 1.29 is 23.4 Å². The fourth-order valence-electron chi connectivity index (χ4n) is 3.94. The molecule has 1 aromatic heterocycles. The maximum absolute atomic E-state index is 14.5. The van der Waals surface area contributed by atoms with Crippen molar-refractivity contribution in [1.82, 2.24) is 10.3 Å². The number of amides is 1. The van der Waals surface area contributed by atoms with Crippen molar-refractivity contribution in [2.24, 2.45) is 5.92 Å². The highest BCUT2D eigenvalue weighted by Gasteiger charge is 2.31. The Hall–Kier alpha value is -3.25. The molecule has 1 atom stereocenters. The Morgan fingerprint density at radius 2 is 2.03 bits per heavy atom. The molecule has 2 heterocycles. The highest BCUT2D eigenvalue weighted by Crippen LogP contribution is 2.33. The summed E-state index contributed by atoms with van der Waals surface area (Å²) < 4.78 is 32.1. The lowest BCUT2D eigenvalue weighted by molar-refractivity contribution is -0.144. The third-order valence-electron chi connectivity index (χ3n) is 5.53. The molecule has 1 N–H and O–H groups in total. The molecule has 33 heavy (non-hydrogen) atoms. The van der Waals surface area contributed by atoms with E-state index in [2.05, 4.69) is 26.2 Å². The molecule has 1 unspecified atom stereocenters. The molecule has 0 aliphatic carbocycles. The van der Waals surface area contributed by atoms with Crippen LogP contribution in [0.15, 0.2) is 36.5 Å². The molecule has 1 aromatic carbocycles. The fraction of sp³-hybridized carbons (Fsp3) is 0.458. The highest BCUT2D eigenvalue weighted by molar-refractivity contribution is 5.68. The van der Waals surface area contributed by atoms with Gasteiger partial charge in [0.1, 0.15) is 29.9 Å². The van der Waals surface area contributed by atoms with Gasteiger partial charge in [0.25, 0.3) is 0 Å². The number of piperidine rings is 1. The van der Waals surface area contributed by atoms with Crippen LogP contribution in [0.3, 0.4) is 0 Å². The van der Waals surface area contributed by atoms with Crippen molar-refractivity contribution in [2.45, 2.75) is 51.9 Å². The van der Waals surface area contributed by atoms with Crippen molar-refractivity contribution >= 4 is 11.9 Å². The predicted octanol–water partition coefficient (Wildman–Crippen LogP) is 4.98. The van der Waals surface area contributed by atoms with Crippen molar-refractivity contribution in [2.75, 3.05) is 18.0 Å². The third-order valence-corrected chi connectivity index (χ3v) is 5.53. The number of alkyl carbamates (subject to hydrolysis) is 1. The number of nitrogens with one attached hydrogen (secondary N) is 1. The summed E-state index contributed by atoms with van der Waals surface area (Å²) in [4.78, 5) is 22.6. The van der Waals surface area contributed by atoms with Gasteiger partial charge in [0.15, 0.2) is 0 Å². The Labute approximate surface area is 192 Å². The van der Waals surface area contributed by atoms with Crippen molar-refractivity contribution in [3.63, 3.8) is 0 Å². The van der Waals surface area contributed by atoms with E-state index in [1.807, 2.05) is 6.07 Å². The van der Waals surface area contributed by atoms with Crippen LogP contribution in [0.1, 0.15) is 56.3 Å². The fourth-order valence-corrected chi connectivity index (χ4v) is 3.94. The average Bonchev–Trinajstić information content (AvgIpc) is 2.78. The lowest BCUT2D eigenvalue weighted by Gasteiger charge is -2.37. The summed E-state index contributed by atoms with van der Waals surface area (Å²) >= 11 is 0. The molecule has 1 saturated heterocycles. The topological polar surface area (TPSA) is 87.5 Å². The number of rotatable bonds is 6. The van der Waals surface area contributed by atoms with E-state index in [4.69, 9.17) is 10.00 Å². The molecular formula is C24H28F2N4O3.